The molecule has 0 bridgehead atoms. The van der Waals surface area contributed by atoms with Gasteiger partial charge in [0.05, 0.1) is 30.4 Å². The minimum atomic E-state index is -3.95. The standard InChI is InChI=1S/C26H45N3O4.C26H38N2O6S/c1-26(2,3)32-24(30)17-20(12-8-11-19-9-6-5-7-10-19)25-28-23(29-33-25)18-27-21-13-15-22(31-4)16-14-21;1-19-13-15-22(16-14-19)35(30,31)32-18-23-27-25(34-28-23)21(17-24(29)33-26(2,3)4)12-8-11-20-9-6-5-7-10-20/h19-22,27H,5-18H2,1-4H3;13-16,20-21H,5-12,17-18H2,1-4H3/t20-,21?,22?;21-/m11/s1. The molecule has 0 amide bonds. The highest BCUT2D eigenvalue weighted by Gasteiger charge is 2.29. The topological polar surface area (TPSA) is 195 Å². The molecule has 0 unspecified atom stereocenters. The van der Waals surface area contributed by atoms with Crippen molar-refractivity contribution >= 4 is 22.1 Å². The van der Waals surface area contributed by atoms with Crippen LogP contribution in [0.15, 0.2) is 38.2 Å². The van der Waals surface area contributed by atoms with Crippen LogP contribution >= 0.6 is 0 Å². The zero-order valence-corrected chi connectivity index (χ0v) is 43.3. The van der Waals surface area contributed by atoms with Crippen molar-refractivity contribution in [1.82, 2.24) is 25.6 Å². The summed E-state index contributed by atoms with van der Waals surface area (Å²) < 4.78 is 57.7. The van der Waals surface area contributed by atoms with Crippen LogP contribution in [0.4, 0.5) is 0 Å². The van der Waals surface area contributed by atoms with Gasteiger partial charge >= 0.3 is 11.9 Å². The summed E-state index contributed by atoms with van der Waals surface area (Å²) in [6.45, 7) is 13.3. The fourth-order valence-corrected chi connectivity index (χ4v) is 10.6. The van der Waals surface area contributed by atoms with Gasteiger partial charge in [0.1, 0.15) is 17.8 Å². The normalized spacial score (nSPS) is 19.7. The summed E-state index contributed by atoms with van der Waals surface area (Å²) in [7, 11) is -2.15. The molecular formula is C52H83N5O10S. The lowest BCUT2D eigenvalue weighted by Gasteiger charge is -2.27. The van der Waals surface area contributed by atoms with E-state index in [1.54, 1.807) is 19.2 Å². The van der Waals surface area contributed by atoms with E-state index in [9.17, 15) is 18.0 Å². The Morgan fingerprint density at radius 3 is 1.63 bits per heavy atom. The molecule has 68 heavy (non-hydrogen) atoms. The number of ether oxygens (including phenoxy) is 3. The molecule has 1 aromatic carbocycles. The molecule has 3 aromatic rings. The highest BCUT2D eigenvalue weighted by Crippen LogP contribution is 2.34. The number of rotatable bonds is 22. The molecular weight excluding hydrogens is 887 g/mol. The van der Waals surface area contributed by atoms with Gasteiger partial charge in [0.15, 0.2) is 11.6 Å². The van der Waals surface area contributed by atoms with Crippen LogP contribution in [0.5, 0.6) is 0 Å². The number of methoxy groups -OCH3 is 1. The molecule has 0 aliphatic heterocycles. The van der Waals surface area contributed by atoms with Crippen molar-refractivity contribution in [1.29, 1.82) is 0 Å². The third kappa shape index (κ3) is 20.3. The minimum absolute atomic E-state index is 0.0670. The van der Waals surface area contributed by atoms with E-state index in [1.165, 1.54) is 82.8 Å². The van der Waals surface area contributed by atoms with Crippen molar-refractivity contribution in [3.05, 3.63) is 53.3 Å². The first-order chi connectivity index (χ1) is 32.3. The Morgan fingerprint density at radius 1 is 0.691 bits per heavy atom. The molecule has 6 rings (SSSR count). The predicted molar refractivity (Wildman–Crippen MR) is 259 cm³/mol. The Kier molecular flexibility index (Phi) is 21.9. The second-order valence-corrected chi connectivity index (χ2v) is 23.2. The molecule has 0 radical (unpaired) electrons. The summed E-state index contributed by atoms with van der Waals surface area (Å²) in [4.78, 5) is 34.2. The second-order valence-electron chi connectivity index (χ2n) is 21.6. The van der Waals surface area contributed by atoms with Gasteiger partial charge < -0.3 is 28.6 Å². The van der Waals surface area contributed by atoms with Crippen LogP contribution in [0.1, 0.15) is 224 Å². The second kappa shape index (κ2) is 27.0. The lowest BCUT2D eigenvalue weighted by molar-refractivity contribution is -0.156. The number of carbonyl (C=O) groups is 2. The Bertz CT molecular complexity index is 2040. The number of esters is 2. The van der Waals surface area contributed by atoms with E-state index in [2.05, 4.69) is 25.6 Å². The van der Waals surface area contributed by atoms with E-state index in [0.29, 0.717) is 36.3 Å². The van der Waals surface area contributed by atoms with Crippen molar-refractivity contribution in [2.24, 2.45) is 11.8 Å². The maximum atomic E-state index is 12.6. The molecule has 2 aromatic heterocycles. The van der Waals surface area contributed by atoms with Crippen LogP contribution in [-0.2, 0) is 51.3 Å². The summed E-state index contributed by atoms with van der Waals surface area (Å²) in [6.07, 6.45) is 24.4. The molecule has 3 aliphatic carbocycles. The quantitative estimate of drug-likeness (QED) is 0.0737. The Balaban J connectivity index is 0.000000255. The molecule has 2 heterocycles. The SMILES string of the molecule is COC1CCC(NCc2noc([C@H](CCCC3CCCCC3)CC(=O)OC(C)(C)C)n2)CC1.Cc1ccc(S(=O)(=O)OCc2noc([C@H](CCCC3CCCCC3)CC(=O)OC(C)(C)C)n2)cc1. The number of hydrogen-bond donors (Lipinski definition) is 1. The smallest absolute Gasteiger partial charge is 0.307 e. The predicted octanol–water partition coefficient (Wildman–Crippen LogP) is 11.5. The van der Waals surface area contributed by atoms with Crippen LogP contribution in [-0.4, -0.2) is 71.1 Å². The first-order valence-electron chi connectivity index (χ1n) is 25.6. The van der Waals surface area contributed by atoms with Crippen LogP contribution in [0, 0.1) is 18.8 Å². The minimum Gasteiger partial charge on any atom is -0.460 e. The highest BCUT2D eigenvalue weighted by molar-refractivity contribution is 7.86. The monoisotopic (exact) mass is 970 g/mol. The van der Waals surface area contributed by atoms with E-state index in [-0.39, 0.29) is 53.9 Å². The average molecular weight is 970 g/mol. The zero-order chi connectivity index (χ0) is 49.2. The molecule has 16 heteroatoms. The van der Waals surface area contributed by atoms with Gasteiger partial charge in [0, 0.05) is 25.0 Å². The lowest BCUT2D eigenvalue weighted by atomic mass is 9.84. The summed E-state index contributed by atoms with van der Waals surface area (Å²) >= 11 is 0. The molecule has 3 aliphatic rings. The van der Waals surface area contributed by atoms with E-state index < -0.39 is 21.3 Å². The van der Waals surface area contributed by atoms with Gasteiger partial charge in [0.25, 0.3) is 10.1 Å². The summed E-state index contributed by atoms with van der Waals surface area (Å²) in [5.41, 5.74) is -0.122. The molecule has 3 saturated carbocycles. The van der Waals surface area contributed by atoms with Gasteiger partial charge in [-0.3, -0.25) is 13.8 Å². The Labute approximate surface area is 406 Å². The van der Waals surface area contributed by atoms with Crippen molar-refractivity contribution in [2.75, 3.05) is 7.11 Å². The van der Waals surface area contributed by atoms with E-state index in [0.717, 1.165) is 75.2 Å². The van der Waals surface area contributed by atoms with E-state index >= 15 is 0 Å². The number of aromatic nitrogens is 4. The van der Waals surface area contributed by atoms with Crippen LogP contribution in [0.3, 0.4) is 0 Å². The lowest BCUT2D eigenvalue weighted by Crippen LogP contribution is -2.34. The Morgan fingerprint density at radius 2 is 1.16 bits per heavy atom. The molecule has 0 saturated heterocycles. The molecule has 0 spiro atoms. The third-order valence-corrected chi connectivity index (χ3v) is 14.6. The highest BCUT2D eigenvalue weighted by atomic mass is 32.2. The molecule has 1 N–H and O–H groups in total. The van der Waals surface area contributed by atoms with Gasteiger partial charge in [0.2, 0.25) is 11.8 Å². The van der Waals surface area contributed by atoms with Gasteiger partial charge in [-0.2, -0.15) is 18.4 Å². The molecule has 15 nitrogen and oxygen atoms in total. The number of carbonyl (C=O) groups excluding carboxylic acids is 2. The van der Waals surface area contributed by atoms with Gasteiger partial charge in [-0.15, -0.1) is 0 Å². The van der Waals surface area contributed by atoms with Crippen LogP contribution < -0.4 is 5.32 Å². The maximum Gasteiger partial charge on any atom is 0.307 e. The first-order valence-corrected chi connectivity index (χ1v) is 27.1. The van der Waals surface area contributed by atoms with Crippen molar-refractivity contribution in [3.63, 3.8) is 0 Å². The zero-order valence-electron chi connectivity index (χ0n) is 42.5. The van der Waals surface area contributed by atoms with Gasteiger partial charge in [-0.1, -0.05) is 118 Å². The van der Waals surface area contributed by atoms with E-state index in [1.807, 2.05) is 48.5 Å². The molecule has 382 valence electrons. The van der Waals surface area contributed by atoms with Crippen molar-refractivity contribution < 1.29 is 45.4 Å². The average Bonchev–Trinajstić information content (AvgIpc) is 3.98. The maximum absolute atomic E-state index is 12.6. The number of hydrogen-bond acceptors (Lipinski definition) is 15. The molecule has 3 fully saturated rings. The van der Waals surface area contributed by atoms with E-state index in [4.69, 9.17) is 27.4 Å². The number of benzene rings is 1. The van der Waals surface area contributed by atoms with Gasteiger partial charge in [-0.25, -0.2) is 0 Å². The summed E-state index contributed by atoms with van der Waals surface area (Å²) in [5, 5.41) is 11.7. The van der Waals surface area contributed by atoms with Crippen molar-refractivity contribution in [2.45, 2.75) is 243 Å². The summed E-state index contributed by atoms with van der Waals surface area (Å²) in [6, 6.07) is 6.87. The van der Waals surface area contributed by atoms with Crippen LogP contribution in [0.2, 0.25) is 0 Å². The fraction of sp³-hybridized carbons (Fsp3) is 0.769. The Hall–Kier alpha value is -3.73. The number of aryl methyl sites for hydroxylation is 1. The van der Waals surface area contributed by atoms with Crippen LogP contribution in [0.25, 0.3) is 0 Å². The first kappa shape index (κ1) is 55.2. The van der Waals surface area contributed by atoms with Gasteiger partial charge in [-0.05, 0) is 111 Å². The van der Waals surface area contributed by atoms with Crippen molar-refractivity contribution in [3.8, 4) is 0 Å². The molecule has 2 atom stereocenters. The fourth-order valence-electron chi connectivity index (χ4n) is 9.69. The summed E-state index contributed by atoms with van der Waals surface area (Å²) in [5.74, 6) is 2.36. The largest absolute Gasteiger partial charge is 0.460 e. The number of nitrogens with zero attached hydrogens (tertiary/aromatic N) is 4. The number of nitrogens with one attached hydrogen (secondary N) is 1. The third-order valence-electron chi connectivity index (χ3n) is 13.3.